The molecule has 3 aromatic heterocycles. The Morgan fingerprint density at radius 3 is 1.38 bits per heavy atom. The van der Waals surface area contributed by atoms with E-state index in [4.69, 9.17) is 0 Å². The van der Waals surface area contributed by atoms with Crippen molar-refractivity contribution >= 4 is 32.8 Å². The van der Waals surface area contributed by atoms with Gasteiger partial charge in [-0.2, -0.15) is 0 Å². The third-order valence-corrected chi connectivity index (χ3v) is 7.35. The number of hydrogen-bond acceptors (Lipinski definition) is 6. The first-order valence-corrected chi connectivity index (χ1v) is 15.7. The van der Waals surface area contributed by atoms with E-state index in [1.807, 2.05) is 81.4 Å². The molecule has 3 aromatic carbocycles. The fourth-order valence-electron chi connectivity index (χ4n) is 5.13. The van der Waals surface area contributed by atoms with Gasteiger partial charge in [0.1, 0.15) is 11.6 Å². The minimum absolute atomic E-state index is 0.00872. The quantitative estimate of drug-likeness (QED) is 0.173. The molecule has 0 fully saturated rings. The molecular formula is C39H48N6. The molecule has 6 nitrogen and oxygen atoms in total. The summed E-state index contributed by atoms with van der Waals surface area (Å²) in [6.07, 6.45) is 0. The lowest BCUT2D eigenvalue weighted by atomic mass is 9.89. The zero-order valence-corrected chi connectivity index (χ0v) is 29.1. The van der Waals surface area contributed by atoms with Crippen LogP contribution < -0.4 is 0 Å². The van der Waals surface area contributed by atoms with Crippen molar-refractivity contribution in [1.82, 2.24) is 29.9 Å². The van der Waals surface area contributed by atoms with Gasteiger partial charge in [-0.3, -0.25) is 0 Å². The summed E-state index contributed by atoms with van der Waals surface area (Å²) < 4.78 is 0. The molecular weight excluding hydrogens is 552 g/mol. The smallest absolute Gasteiger partial charge is 0.134 e. The molecule has 0 saturated carbocycles. The van der Waals surface area contributed by atoms with E-state index in [0.717, 1.165) is 67.3 Å². The molecule has 3 heterocycles. The van der Waals surface area contributed by atoms with Crippen LogP contribution in [0.3, 0.4) is 0 Å². The summed E-state index contributed by atoms with van der Waals surface area (Å²) in [4.78, 5) is 27.4. The van der Waals surface area contributed by atoms with Gasteiger partial charge in [0.05, 0.1) is 39.1 Å². The summed E-state index contributed by atoms with van der Waals surface area (Å²) in [6, 6.07) is 24.3. The molecule has 0 aliphatic carbocycles. The summed E-state index contributed by atoms with van der Waals surface area (Å²) in [5.41, 5.74) is 8.46. The number of rotatable bonds is 0. The highest BCUT2D eigenvalue weighted by atomic mass is 14.9. The SMILES string of the molecule is Cc1nc(C(C)(C)C)c2ccccc2n1.Cc1nc(C(C)(C)C)nc2ccccc12.Cc1nc2ccccc2nc1C(C)(C)C. The zero-order chi connectivity index (χ0) is 33.2. The van der Waals surface area contributed by atoms with E-state index >= 15 is 0 Å². The maximum absolute atomic E-state index is 4.68. The second kappa shape index (κ2) is 13.0. The molecule has 6 aromatic rings. The molecule has 234 valence electrons. The molecule has 0 N–H and O–H groups in total. The van der Waals surface area contributed by atoms with Crippen LogP contribution in [-0.4, -0.2) is 29.9 Å². The number of benzene rings is 3. The van der Waals surface area contributed by atoms with Crippen molar-refractivity contribution in [2.24, 2.45) is 0 Å². The topological polar surface area (TPSA) is 77.3 Å². The van der Waals surface area contributed by atoms with Gasteiger partial charge in [-0.05, 0) is 45.0 Å². The molecule has 0 bridgehead atoms. The van der Waals surface area contributed by atoms with Crippen LogP contribution in [0.1, 0.15) is 96.7 Å². The average Bonchev–Trinajstić information content (AvgIpc) is 2.95. The van der Waals surface area contributed by atoms with E-state index in [9.17, 15) is 0 Å². The van der Waals surface area contributed by atoms with Crippen molar-refractivity contribution in [3.63, 3.8) is 0 Å². The van der Waals surface area contributed by atoms with Gasteiger partial charge in [-0.15, -0.1) is 0 Å². The molecule has 6 rings (SSSR count). The fraction of sp³-hybridized carbons (Fsp3) is 0.385. The predicted molar refractivity (Wildman–Crippen MR) is 189 cm³/mol. The van der Waals surface area contributed by atoms with E-state index in [1.165, 1.54) is 0 Å². The van der Waals surface area contributed by atoms with Crippen molar-refractivity contribution in [2.75, 3.05) is 0 Å². The van der Waals surface area contributed by atoms with Gasteiger partial charge in [-0.1, -0.05) is 111 Å². The Bertz CT molecular complexity index is 1930. The number of nitrogens with zero attached hydrogens (tertiary/aromatic N) is 6. The molecule has 6 heteroatoms. The summed E-state index contributed by atoms with van der Waals surface area (Å²) in [7, 11) is 0. The highest BCUT2D eigenvalue weighted by Gasteiger charge is 2.21. The lowest BCUT2D eigenvalue weighted by Crippen LogP contribution is -2.16. The van der Waals surface area contributed by atoms with Gasteiger partial charge >= 0.3 is 0 Å². The maximum Gasteiger partial charge on any atom is 0.134 e. The van der Waals surface area contributed by atoms with Crippen LogP contribution in [0.5, 0.6) is 0 Å². The molecule has 0 aliphatic heterocycles. The van der Waals surface area contributed by atoms with Crippen LogP contribution in [0.15, 0.2) is 72.8 Å². The number of aryl methyl sites for hydroxylation is 3. The van der Waals surface area contributed by atoms with Gasteiger partial charge in [0.2, 0.25) is 0 Å². The standard InChI is InChI=1S/3C13H16N2/c1-9-14-11-8-6-5-7-10(11)12(15-9)13(2,3)4;1-9-12(13(2,3)4)15-11-8-6-5-7-10(11)14-9;1-9-10-7-5-6-8-11(10)15-12(14-9)13(2,3)4/h3*5-8H,1-4H3. The highest BCUT2D eigenvalue weighted by Crippen LogP contribution is 2.28. The Morgan fingerprint density at radius 2 is 0.844 bits per heavy atom. The van der Waals surface area contributed by atoms with E-state index in [0.29, 0.717) is 0 Å². The Labute approximate surface area is 268 Å². The van der Waals surface area contributed by atoms with Gasteiger partial charge in [0.15, 0.2) is 0 Å². The van der Waals surface area contributed by atoms with E-state index in [1.54, 1.807) is 0 Å². The first-order chi connectivity index (χ1) is 20.9. The number of hydrogen-bond donors (Lipinski definition) is 0. The summed E-state index contributed by atoms with van der Waals surface area (Å²) in [5, 5.41) is 2.31. The monoisotopic (exact) mass is 600 g/mol. The second-order valence-corrected chi connectivity index (χ2v) is 14.7. The third kappa shape index (κ3) is 8.24. The fourth-order valence-corrected chi connectivity index (χ4v) is 5.13. The van der Waals surface area contributed by atoms with Crippen molar-refractivity contribution in [3.05, 3.63) is 107 Å². The predicted octanol–water partition coefficient (Wildman–Crippen LogP) is 9.71. The Balaban J connectivity index is 0.000000154. The van der Waals surface area contributed by atoms with Crippen molar-refractivity contribution < 1.29 is 0 Å². The minimum Gasteiger partial charge on any atom is -0.250 e. The van der Waals surface area contributed by atoms with Crippen molar-refractivity contribution in [1.29, 1.82) is 0 Å². The van der Waals surface area contributed by atoms with Gasteiger partial charge in [0, 0.05) is 32.7 Å². The van der Waals surface area contributed by atoms with Crippen LogP contribution in [0.2, 0.25) is 0 Å². The molecule has 0 atom stereocenters. The van der Waals surface area contributed by atoms with Gasteiger partial charge in [-0.25, -0.2) is 29.9 Å². The van der Waals surface area contributed by atoms with E-state index in [2.05, 4.69) is 104 Å². The van der Waals surface area contributed by atoms with E-state index < -0.39 is 0 Å². The zero-order valence-electron chi connectivity index (χ0n) is 29.1. The van der Waals surface area contributed by atoms with Gasteiger partial charge in [0.25, 0.3) is 0 Å². The molecule has 0 aliphatic rings. The molecule has 0 radical (unpaired) electrons. The van der Waals surface area contributed by atoms with E-state index in [-0.39, 0.29) is 16.2 Å². The summed E-state index contributed by atoms with van der Waals surface area (Å²) in [6.45, 7) is 25.5. The van der Waals surface area contributed by atoms with Crippen LogP contribution in [0.25, 0.3) is 32.8 Å². The average molecular weight is 601 g/mol. The van der Waals surface area contributed by atoms with Crippen LogP contribution in [-0.2, 0) is 16.2 Å². The van der Waals surface area contributed by atoms with Crippen LogP contribution in [0, 0.1) is 20.8 Å². The molecule has 0 saturated heterocycles. The molecule has 0 amide bonds. The normalized spacial score (nSPS) is 12.0. The molecule has 0 spiro atoms. The number of fused-ring (bicyclic) bond motifs is 3. The van der Waals surface area contributed by atoms with Crippen LogP contribution in [0.4, 0.5) is 0 Å². The second-order valence-electron chi connectivity index (χ2n) is 14.7. The summed E-state index contributed by atoms with van der Waals surface area (Å²) >= 11 is 0. The molecule has 0 unspecified atom stereocenters. The third-order valence-electron chi connectivity index (χ3n) is 7.35. The highest BCUT2D eigenvalue weighted by molar-refractivity contribution is 5.82. The number of para-hydroxylation sites is 4. The van der Waals surface area contributed by atoms with Gasteiger partial charge < -0.3 is 0 Å². The van der Waals surface area contributed by atoms with Crippen LogP contribution >= 0.6 is 0 Å². The Morgan fingerprint density at radius 1 is 0.378 bits per heavy atom. The van der Waals surface area contributed by atoms with Crippen molar-refractivity contribution in [2.45, 2.75) is 99.3 Å². The van der Waals surface area contributed by atoms with Crippen molar-refractivity contribution in [3.8, 4) is 0 Å². The largest absolute Gasteiger partial charge is 0.250 e. The first kappa shape index (κ1) is 33.6. The summed E-state index contributed by atoms with van der Waals surface area (Å²) in [5.74, 6) is 1.76. The molecule has 45 heavy (non-hydrogen) atoms. The minimum atomic E-state index is 0.00872. The maximum atomic E-state index is 4.68. The lowest BCUT2D eigenvalue weighted by Gasteiger charge is -2.20. The Hall–Kier alpha value is -4.32. The number of aromatic nitrogens is 6. The first-order valence-electron chi connectivity index (χ1n) is 15.7. The Kier molecular flexibility index (Phi) is 9.67. The lowest BCUT2D eigenvalue weighted by molar-refractivity contribution is 0.546.